The van der Waals surface area contributed by atoms with Crippen molar-refractivity contribution < 1.29 is 4.79 Å². The van der Waals surface area contributed by atoms with Crippen molar-refractivity contribution in [3.8, 4) is 11.3 Å². The van der Waals surface area contributed by atoms with Crippen LogP contribution < -0.4 is 5.32 Å². The SMILES string of the molecule is Cn1cc(CC(=O)Nc2nc(-c3ccc4c(c3)CCCC4)cs2)cn1. The third-order valence-electron chi connectivity index (χ3n) is 4.52. The van der Waals surface area contributed by atoms with Crippen LogP contribution in [0, 0.1) is 0 Å². The van der Waals surface area contributed by atoms with Crippen LogP contribution in [0.4, 0.5) is 5.13 Å². The minimum Gasteiger partial charge on any atom is -0.302 e. The van der Waals surface area contributed by atoms with E-state index in [1.807, 2.05) is 18.6 Å². The van der Waals surface area contributed by atoms with E-state index in [1.165, 1.54) is 41.7 Å². The summed E-state index contributed by atoms with van der Waals surface area (Å²) in [4.78, 5) is 16.7. The number of aryl methyl sites for hydroxylation is 3. The molecule has 1 aliphatic carbocycles. The van der Waals surface area contributed by atoms with E-state index < -0.39 is 0 Å². The average Bonchev–Trinajstić information content (AvgIpc) is 3.23. The number of hydrogen-bond donors (Lipinski definition) is 1. The molecular formula is C19H20N4OS. The number of nitrogens with zero attached hydrogens (tertiary/aromatic N) is 3. The van der Waals surface area contributed by atoms with Gasteiger partial charge in [0.1, 0.15) is 0 Å². The fourth-order valence-electron chi connectivity index (χ4n) is 3.27. The van der Waals surface area contributed by atoms with Crippen molar-refractivity contribution in [3.63, 3.8) is 0 Å². The predicted octanol–water partition coefficient (Wildman–Crippen LogP) is 3.60. The van der Waals surface area contributed by atoms with Crippen LogP contribution in [-0.2, 0) is 31.1 Å². The molecule has 1 amide bonds. The molecule has 0 aliphatic heterocycles. The number of amides is 1. The lowest BCUT2D eigenvalue weighted by atomic mass is 9.90. The Bertz CT molecular complexity index is 912. The Balaban J connectivity index is 1.45. The summed E-state index contributed by atoms with van der Waals surface area (Å²) >= 11 is 1.46. The molecule has 25 heavy (non-hydrogen) atoms. The number of carbonyl (C=O) groups excluding carboxylic acids is 1. The molecule has 0 fully saturated rings. The van der Waals surface area contributed by atoms with Crippen LogP contribution in [0.1, 0.15) is 29.5 Å². The van der Waals surface area contributed by atoms with Gasteiger partial charge in [-0.05, 0) is 48.4 Å². The number of aromatic nitrogens is 3. The zero-order valence-corrected chi connectivity index (χ0v) is 15.0. The number of nitrogens with one attached hydrogen (secondary N) is 1. The second kappa shape index (κ2) is 6.80. The molecule has 0 spiro atoms. The summed E-state index contributed by atoms with van der Waals surface area (Å²) in [5.41, 5.74) is 5.86. The van der Waals surface area contributed by atoms with Crippen molar-refractivity contribution in [1.29, 1.82) is 0 Å². The third-order valence-corrected chi connectivity index (χ3v) is 5.28. The second-order valence-electron chi connectivity index (χ2n) is 6.48. The lowest BCUT2D eigenvalue weighted by Crippen LogP contribution is -2.13. The molecule has 0 bridgehead atoms. The molecule has 0 saturated carbocycles. The minimum absolute atomic E-state index is 0.0701. The van der Waals surface area contributed by atoms with E-state index in [0.29, 0.717) is 11.6 Å². The molecule has 2 heterocycles. The van der Waals surface area contributed by atoms with Crippen molar-refractivity contribution in [1.82, 2.24) is 14.8 Å². The van der Waals surface area contributed by atoms with Gasteiger partial charge < -0.3 is 5.32 Å². The fraction of sp³-hybridized carbons (Fsp3) is 0.316. The first kappa shape index (κ1) is 16.0. The smallest absolute Gasteiger partial charge is 0.230 e. The second-order valence-corrected chi connectivity index (χ2v) is 7.33. The molecule has 4 rings (SSSR count). The largest absolute Gasteiger partial charge is 0.302 e. The standard InChI is InChI=1S/C19H20N4OS/c1-23-11-13(10-20-23)8-18(24)22-19-21-17(12-25-19)16-7-6-14-4-2-3-5-15(14)9-16/h6-7,9-12H,2-5,8H2,1H3,(H,21,22,24). The Morgan fingerprint density at radius 2 is 2.12 bits per heavy atom. The van der Waals surface area contributed by atoms with Crippen LogP contribution in [0.3, 0.4) is 0 Å². The summed E-state index contributed by atoms with van der Waals surface area (Å²) in [6, 6.07) is 6.62. The van der Waals surface area contributed by atoms with Crippen LogP contribution in [0.5, 0.6) is 0 Å². The van der Waals surface area contributed by atoms with Gasteiger partial charge >= 0.3 is 0 Å². The average molecular weight is 352 g/mol. The van der Waals surface area contributed by atoms with Gasteiger partial charge in [-0.3, -0.25) is 9.48 Å². The summed E-state index contributed by atoms with van der Waals surface area (Å²) < 4.78 is 1.69. The third kappa shape index (κ3) is 3.64. The van der Waals surface area contributed by atoms with Gasteiger partial charge in [0, 0.05) is 24.2 Å². The summed E-state index contributed by atoms with van der Waals surface area (Å²) in [7, 11) is 1.84. The fourth-order valence-corrected chi connectivity index (χ4v) is 4.00. The number of rotatable bonds is 4. The maximum atomic E-state index is 12.1. The van der Waals surface area contributed by atoms with Crippen LogP contribution >= 0.6 is 11.3 Å². The molecule has 128 valence electrons. The number of benzene rings is 1. The number of carbonyl (C=O) groups is 1. The van der Waals surface area contributed by atoms with Crippen LogP contribution in [0.15, 0.2) is 36.0 Å². The van der Waals surface area contributed by atoms with Gasteiger partial charge in [0.25, 0.3) is 0 Å². The van der Waals surface area contributed by atoms with Crippen molar-refractivity contribution in [2.45, 2.75) is 32.1 Å². The number of hydrogen-bond acceptors (Lipinski definition) is 4. The van der Waals surface area contributed by atoms with Crippen LogP contribution in [0.2, 0.25) is 0 Å². The predicted molar refractivity (Wildman–Crippen MR) is 99.7 cm³/mol. The highest BCUT2D eigenvalue weighted by Crippen LogP contribution is 2.29. The number of thiazole rings is 1. The van der Waals surface area contributed by atoms with E-state index in [9.17, 15) is 4.79 Å². The summed E-state index contributed by atoms with van der Waals surface area (Å²) in [5.74, 6) is -0.0701. The Morgan fingerprint density at radius 1 is 1.28 bits per heavy atom. The van der Waals surface area contributed by atoms with Crippen LogP contribution in [-0.4, -0.2) is 20.7 Å². The van der Waals surface area contributed by atoms with E-state index in [4.69, 9.17) is 0 Å². The van der Waals surface area contributed by atoms with Crippen molar-refractivity contribution >= 4 is 22.4 Å². The quantitative estimate of drug-likeness (QED) is 0.780. The zero-order valence-electron chi connectivity index (χ0n) is 14.2. The zero-order chi connectivity index (χ0) is 17.2. The monoisotopic (exact) mass is 352 g/mol. The van der Waals surface area contributed by atoms with Gasteiger partial charge in [-0.1, -0.05) is 12.1 Å². The highest BCUT2D eigenvalue weighted by Gasteiger charge is 2.13. The maximum Gasteiger partial charge on any atom is 0.230 e. The van der Waals surface area contributed by atoms with Gasteiger partial charge in [-0.2, -0.15) is 5.10 Å². The molecule has 1 aliphatic rings. The highest BCUT2D eigenvalue weighted by molar-refractivity contribution is 7.14. The Hall–Kier alpha value is -2.47. The molecule has 1 N–H and O–H groups in total. The highest BCUT2D eigenvalue weighted by atomic mass is 32.1. The summed E-state index contributed by atoms with van der Waals surface area (Å²) in [5, 5.41) is 9.61. The first-order chi connectivity index (χ1) is 12.2. The first-order valence-electron chi connectivity index (χ1n) is 8.52. The molecular weight excluding hydrogens is 332 g/mol. The van der Waals surface area contributed by atoms with Crippen molar-refractivity contribution in [2.75, 3.05) is 5.32 Å². The lowest BCUT2D eigenvalue weighted by Gasteiger charge is -2.16. The molecule has 2 aromatic heterocycles. The molecule has 3 aromatic rings. The Labute approximate surface area is 150 Å². The molecule has 0 radical (unpaired) electrons. The lowest BCUT2D eigenvalue weighted by molar-refractivity contribution is -0.115. The van der Waals surface area contributed by atoms with E-state index in [0.717, 1.165) is 23.2 Å². The van der Waals surface area contributed by atoms with E-state index in [2.05, 4.69) is 33.6 Å². The van der Waals surface area contributed by atoms with E-state index >= 15 is 0 Å². The summed E-state index contributed by atoms with van der Waals surface area (Å²) in [6.45, 7) is 0. The van der Waals surface area contributed by atoms with Crippen molar-refractivity contribution in [2.24, 2.45) is 7.05 Å². The van der Waals surface area contributed by atoms with Gasteiger partial charge in [-0.15, -0.1) is 11.3 Å². The Morgan fingerprint density at radius 3 is 2.92 bits per heavy atom. The topological polar surface area (TPSA) is 59.8 Å². The Kier molecular flexibility index (Phi) is 4.36. The van der Waals surface area contributed by atoms with Crippen molar-refractivity contribution in [3.05, 3.63) is 52.7 Å². The van der Waals surface area contributed by atoms with E-state index in [-0.39, 0.29) is 5.91 Å². The molecule has 0 atom stereocenters. The van der Waals surface area contributed by atoms with E-state index in [1.54, 1.807) is 10.9 Å². The minimum atomic E-state index is -0.0701. The summed E-state index contributed by atoms with van der Waals surface area (Å²) in [6.07, 6.45) is 8.76. The molecule has 1 aromatic carbocycles. The number of fused-ring (bicyclic) bond motifs is 1. The molecule has 0 unspecified atom stereocenters. The number of anilines is 1. The normalized spacial score (nSPS) is 13.5. The van der Waals surface area contributed by atoms with Gasteiger partial charge in [-0.25, -0.2) is 4.98 Å². The van der Waals surface area contributed by atoms with Crippen LogP contribution in [0.25, 0.3) is 11.3 Å². The first-order valence-corrected chi connectivity index (χ1v) is 9.40. The maximum absolute atomic E-state index is 12.1. The molecule has 5 nitrogen and oxygen atoms in total. The van der Waals surface area contributed by atoms with Gasteiger partial charge in [0.15, 0.2) is 5.13 Å². The van der Waals surface area contributed by atoms with Gasteiger partial charge in [0.05, 0.1) is 18.3 Å². The molecule has 6 heteroatoms. The molecule has 0 saturated heterocycles. The van der Waals surface area contributed by atoms with Gasteiger partial charge in [0.2, 0.25) is 5.91 Å².